The topological polar surface area (TPSA) is 87.6 Å². The van der Waals surface area contributed by atoms with Crippen molar-refractivity contribution in [2.75, 3.05) is 31.7 Å². The van der Waals surface area contributed by atoms with Gasteiger partial charge < -0.3 is 14.7 Å². The summed E-state index contributed by atoms with van der Waals surface area (Å²) >= 11 is 0. The summed E-state index contributed by atoms with van der Waals surface area (Å²) in [6, 6.07) is 0.781. The minimum Gasteiger partial charge on any atom is -0.492 e. The lowest BCUT2D eigenvalue weighted by Gasteiger charge is -2.23. The summed E-state index contributed by atoms with van der Waals surface area (Å²) in [6.07, 6.45) is 1.43. The Balaban J connectivity index is 2.00. The predicted octanol–water partition coefficient (Wildman–Crippen LogP) is 1.24. The van der Waals surface area contributed by atoms with E-state index in [1.165, 1.54) is 11.7 Å². The van der Waals surface area contributed by atoms with Crippen molar-refractivity contribution in [3.63, 3.8) is 0 Å². The van der Waals surface area contributed by atoms with Crippen molar-refractivity contribution in [3.05, 3.63) is 32.7 Å². The van der Waals surface area contributed by atoms with Crippen LogP contribution in [0.25, 0.3) is 10.9 Å². The number of nitrogens with one attached hydrogen (secondary N) is 1. The summed E-state index contributed by atoms with van der Waals surface area (Å²) in [7, 11) is 1.23. The van der Waals surface area contributed by atoms with Crippen molar-refractivity contribution in [2.45, 2.75) is 24.8 Å². The fraction of sp³-hybridized carbons (Fsp3) is 0.529. The van der Waals surface area contributed by atoms with Crippen LogP contribution in [0, 0.1) is 11.7 Å². The highest BCUT2D eigenvalue weighted by atomic mass is 19.3. The Morgan fingerprint density at radius 3 is 2.63 bits per heavy atom. The van der Waals surface area contributed by atoms with Crippen LogP contribution in [0.15, 0.2) is 15.7 Å². The molecule has 1 aliphatic heterocycles. The van der Waals surface area contributed by atoms with Gasteiger partial charge in [-0.05, 0) is 18.9 Å². The molecular weight excluding hydrogens is 367 g/mol. The number of H-pyrrole nitrogens is 1. The molecule has 1 aliphatic carbocycles. The van der Waals surface area contributed by atoms with Gasteiger partial charge in [0.2, 0.25) is 0 Å². The van der Waals surface area contributed by atoms with Crippen molar-refractivity contribution >= 4 is 16.6 Å². The summed E-state index contributed by atoms with van der Waals surface area (Å²) in [6.45, 7) is -1.82. The molecule has 1 atom stereocenters. The summed E-state index contributed by atoms with van der Waals surface area (Å²) in [4.78, 5) is 27.8. The number of hydrogen-bond acceptors (Lipinski definition) is 5. The Hall–Kier alpha value is -2.49. The first kappa shape index (κ1) is 17.9. The predicted molar refractivity (Wildman–Crippen MR) is 91.3 cm³/mol. The minimum atomic E-state index is -3.20. The number of aliphatic hydroxyl groups is 1. The summed E-state index contributed by atoms with van der Waals surface area (Å²) in [5, 5.41) is 9.13. The number of aromatic amines is 1. The number of nitrogens with zero attached hydrogens (tertiary/aromatic N) is 2. The van der Waals surface area contributed by atoms with Crippen LogP contribution in [0.4, 0.5) is 18.9 Å². The Morgan fingerprint density at radius 1 is 1.37 bits per heavy atom. The van der Waals surface area contributed by atoms with Gasteiger partial charge in [-0.1, -0.05) is 0 Å². The third-order valence-corrected chi connectivity index (χ3v) is 5.20. The quantitative estimate of drug-likeness (QED) is 0.827. The van der Waals surface area contributed by atoms with Crippen molar-refractivity contribution < 1.29 is 23.0 Å². The van der Waals surface area contributed by atoms with E-state index in [2.05, 4.69) is 4.98 Å². The Morgan fingerprint density at radius 2 is 2.07 bits per heavy atom. The summed E-state index contributed by atoms with van der Waals surface area (Å²) in [5.74, 6) is -5.58. The minimum absolute atomic E-state index is 0.0794. The third kappa shape index (κ3) is 2.70. The molecule has 0 radical (unpaired) electrons. The maximum Gasteiger partial charge on any atom is 0.329 e. The average Bonchev–Trinajstić information content (AvgIpc) is 3.38. The van der Waals surface area contributed by atoms with E-state index in [4.69, 9.17) is 4.74 Å². The van der Waals surface area contributed by atoms with Gasteiger partial charge >= 0.3 is 5.69 Å². The zero-order chi connectivity index (χ0) is 19.5. The lowest BCUT2D eigenvalue weighted by molar-refractivity contribution is -0.0391. The Labute approximate surface area is 151 Å². The molecule has 1 aromatic heterocycles. The first-order valence-electron chi connectivity index (χ1n) is 8.57. The van der Waals surface area contributed by atoms with Crippen LogP contribution in [-0.4, -0.2) is 47.4 Å². The second kappa shape index (κ2) is 6.01. The number of aromatic nitrogens is 2. The number of hydrogen-bond donors (Lipinski definition) is 2. The van der Waals surface area contributed by atoms with Crippen LogP contribution in [0.3, 0.4) is 0 Å². The van der Waals surface area contributed by atoms with Crippen molar-refractivity contribution in [1.82, 2.24) is 9.55 Å². The molecule has 146 valence electrons. The van der Waals surface area contributed by atoms with E-state index in [1.807, 2.05) is 0 Å². The monoisotopic (exact) mass is 385 g/mol. The second-order valence-corrected chi connectivity index (χ2v) is 7.02. The molecule has 1 unspecified atom stereocenters. The Kier molecular flexibility index (Phi) is 3.99. The number of benzene rings is 1. The van der Waals surface area contributed by atoms with Gasteiger partial charge in [-0.25, -0.2) is 18.0 Å². The van der Waals surface area contributed by atoms with Crippen LogP contribution in [0.2, 0.25) is 0 Å². The van der Waals surface area contributed by atoms with Crippen molar-refractivity contribution in [3.8, 4) is 5.75 Å². The SMILES string of the molecule is COc1c(N2CC(CO)C(F)(F)C2)c(F)cc2c(=O)[nH]c(=O)n(C3CC3)c12. The molecule has 7 nitrogen and oxygen atoms in total. The molecule has 4 rings (SSSR count). The fourth-order valence-corrected chi connectivity index (χ4v) is 3.72. The summed E-state index contributed by atoms with van der Waals surface area (Å²) in [5.41, 5.74) is -1.55. The number of aliphatic hydroxyl groups excluding tert-OH is 1. The molecule has 10 heteroatoms. The number of alkyl halides is 2. The van der Waals surface area contributed by atoms with Crippen LogP contribution in [-0.2, 0) is 0 Å². The number of fused-ring (bicyclic) bond motifs is 1. The van der Waals surface area contributed by atoms with E-state index < -0.39 is 42.1 Å². The first-order valence-corrected chi connectivity index (χ1v) is 8.57. The van der Waals surface area contributed by atoms with Gasteiger partial charge in [0.1, 0.15) is 11.2 Å². The number of methoxy groups -OCH3 is 1. The van der Waals surface area contributed by atoms with Gasteiger partial charge in [0.05, 0.1) is 31.6 Å². The Bertz CT molecular complexity index is 1030. The maximum atomic E-state index is 14.9. The van der Waals surface area contributed by atoms with Gasteiger partial charge in [-0.2, -0.15) is 0 Å². The molecule has 0 amide bonds. The van der Waals surface area contributed by atoms with Crippen LogP contribution in [0.5, 0.6) is 5.75 Å². The van der Waals surface area contributed by atoms with Crippen molar-refractivity contribution in [1.29, 1.82) is 0 Å². The fourth-order valence-electron chi connectivity index (χ4n) is 3.72. The van der Waals surface area contributed by atoms with Gasteiger partial charge in [0, 0.05) is 12.6 Å². The molecule has 2 aliphatic rings. The summed E-state index contributed by atoms with van der Waals surface area (Å²) < 4.78 is 49.7. The molecule has 1 saturated carbocycles. The zero-order valence-corrected chi connectivity index (χ0v) is 14.5. The van der Waals surface area contributed by atoms with E-state index in [0.717, 1.165) is 11.0 Å². The van der Waals surface area contributed by atoms with E-state index in [9.17, 15) is 27.9 Å². The maximum absolute atomic E-state index is 14.9. The highest BCUT2D eigenvalue weighted by molar-refractivity contribution is 5.91. The molecule has 1 saturated heterocycles. The van der Waals surface area contributed by atoms with Gasteiger partial charge in [0.25, 0.3) is 11.5 Å². The molecule has 2 N–H and O–H groups in total. The molecular formula is C17H18F3N3O4. The van der Waals surface area contributed by atoms with Crippen LogP contribution < -0.4 is 20.9 Å². The second-order valence-electron chi connectivity index (χ2n) is 7.02. The largest absolute Gasteiger partial charge is 0.492 e. The highest BCUT2D eigenvalue weighted by Gasteiger charge is 2.49. The van der Waals surface area contributed by atoms with Crippen LogP contribution in [0.1, 0.15) is 18.9 Å². The molecule has 0 spiro atoms. The lowest BCUT2D eigenvalue weighted by atomic mass is 10.1. The molecule has 1 aromatic carbocycles. The number of anilines is 1. The normalized spacial score (nSPS) is 21.8. The lowest BCUT2D eigenvalue weighted by Crippen LogP contribution is -2.31. The zero-order valence-electron chi connectivity index (χ0n) is 14.5. The third-order valence-electron chi connectivity index (χ3n) is 5.20. The van der Waals surface area contributed by atoms with Gasteiger partial charge in [-0.15, -0.1) is 0 Å². The van der Waals surface area contributed by atoms with E-state index in [-0.39, 0.29) is 34.9 Å². The first-order chi connectivity index (χ1) is 12.8. The molecule has 27 heavy (non-hydrogen) atoms. The van der Waals surface area contributed by atoms with E-state index >= 15 is 0 Å². The van der Waals surface area contributed by atoms with Crippen molar-refractivity contribution in [2.24, 2.45) is 5.92 Å². The number of halogens is 3. The molecule has 2 fully saturated rings. The number of rotatable bonds is 4. The van der Waals surface area contributed by atoms with E-state index in [1.54, 1.807) is 0 Å². The molecule has 2 heterocycles. The molecule has 2 aromatic rings. The standard InChI is InChI=1S/C17H18F3N3O4/c1-27-14-12-10(15(25)21-16(26)23(12)9-2-3-9)4-11(18)13(14)22-5-8(6-24)17(19,20)7-22/h4,8-9,24H,2-3,5-7H2,1H3,(H,21,25,26). The molecule has 0 bridgehead atoms. The van der Waals surface area contributed by atoms with Crippen LogP contribution >= 0.6 is 0 Å². The highest BCUT2D eigenvalue weighted by Crippen LogP contribution is 2.45. The van der Waals surface area contributed by atoms with E-state index in [0.29, 0.717) is 12.8 Å². The van der Waals surface area contributed by atoms with Gasteiger partial charge in [0.15, 0.2) is 11.6 Å². The number of ether oxygens (including phenoxy) is 1. The van der Waals surface area contributed by atoms with Gasteiger partial charge in [-0.3, -0.25) is 14.3 Å². The average molecular weight is 385 g/mol. The smallest absolute Gasteiger partial charge is 0.329 e.